The number of benzene rings is 1. The highest BCUT2D eigenvalue weighted by Gasteiger charge is 2.22. The molecule has 0 aromatic heterocycles. The SMILES string of the molecule is CCC(O)(CC)Cc1ccc(N)cc1. The number of anilines is 1. The molecule has 1 aromatic carbocycles. The number of hydrogen-bond acceptors (Lipinski definition) is 2. The molecule has 14 heavy (non-hydrogen) atoms. The molecule has 0 unspecified atom stereocenters. The average molecular weight is 193 g/mol. The Morgan fingerprint density at radius 2 is 1.64 bits per heavy atom. The average Bonchev–Trinajstić information content (AvgIpc) is 2.21. The summed E-state index contributed by atoms with van der Waals surface area (Å²) in [5.74, 6) is 0. The van der Waals surface area contributed by atoms with E-state index in [9.17, 15) is 5.11 Å². The van der Waals surface area contributed by atoms with E-state index in [2.05, 4.69) is 0 Å². The molecule has 0 heterocycles. The molecule has 0 amide bonds. The fraction of sp³-hybridized carbons (Fsp3) is 0.500. The van der Waals surface area contributed by atoms with Crippen molar-refractivity contribution in [2.24, 2.45) is 0 Å². The Bertz CT molecular complexity index is 275. The van der Waals surface area contributed by atoms with Gasteiger partial charge in [-0.2, -0.15) is 0 Å². The maximum atomic E-state index is 10.1. The minimum atomic E-state index is -0.559. The Morgan fingerprint density at radius 1 is 1.14 bits per heavy atom. The fourth-order valence-corrected chi connectivity index (χ4v) is 1.52. The lowest BCUT2D eigenvalue weighted by molar-refractivity contribution is 0.0326. The molecule has 2 nitrogen and oxygen atoms in total. The van der Waals surface area contributed by atoms with E-state index >= 15 is 0 Å². The van der Waals surface area contributed by atoms with E-state index in [1.807, 2.05) is 38.1 Å². The van der Waals surface area contributed by atoms with E-state index in [1.165, 1.54) is 0 Å². The molecule has 0 aliphatic heterocycles. The smallest absolute Gasteiger partial charge is 0.0682 e. The summed E-state index contributed by atoms with van der Waals surface area (Å²) < 4.78 is 0. The van der Waals surface area contributed by atoms with Gasteiger partial charge in [0.15, 0.2) is 0 Å². The maximum absolute atomic E-state index is 10.1. The van der Waals surface area contributed by atoms with Crippen molar-refractivity contribution in [2.75, 3.05) is 5.73 Å². The summed E-state index contributed by atoms with van der Waals surface area (Å²) >= 11 is 0. The molecule has 0 radical (unpaired) electrons. The summed E-state index contributed by atoms with van der Waals surface area (Å²) in [6.45, 7) is 4.03. The molecule has 1 aromatic rings. The summed E-state index contributed by atoms with van der Waals surface area (Å²) in [6.07, 6.45) is 2.28. The van der Waals surface area contributed by atoms with Gasteiger partial charge in [-0.25, -0.2) is 0 Å². The zero-order valence-electron chi connectivity index (χ0n) is 8.96. The van der Waals surface area contributed by atoms with Crippen molar-refractivity contribution in [3.05, 3.63) is 29.8 Å². The van der Waals surface area contributed by atoms with Gasteiger partial charge in [0.05, 0.1) is 5.60 Å². The molecule has 3 N–H and O–H groups in total. The zero-order chi connectivity index (χ0) is 10.6. The van der Waals surface area contributed by atoms with E-state index in [0.717, 1.165) is 24.1 Å². The Hall–Kier alpha value is -1.02. The van der Waals surface area contributed by atoms with Crippen molar-refractivity contribution < 1.29 is 5.11 Å². The third-order valence-corrected chi connectivity index (χ3v) is 2.83. The summed E-state index contributed by atoms with van der Waals surface area (Å²) in [5, 5.41) is 10.1. The van der Waals surface area contributed by atoms with Gasteiger partial charge in [0.25, 0.3) is 0 Å². The van der Waals surface area contributed by atoms with Crippen LogP contribution in [0.4, 0.5) is 5.69 Å². The number of rotatable bonds is 4. The Morgan fingerprint density at radius 3 is 2.07 bits per heavy atom. The molecular weight excluding hydrogens is 174 g/mol. The topological polar surface area (TPSA) is 46.2 Å². The molecule has 0 saturated heterocycles. The zero-order valence-corrected chi connectivity index (χ0v) is 8.96. The highest BCUT2D eigenvalue weighted by molar-refractivity contribution is 5.39. The monoisotopic (exact) mass is 193 g/mol. The third kappa shape index (κ3) is 2.74. The lowest BCUT2D eigenvalue weighted by Crippen LogP contribution is -2.29. The summed E-state index contributed by atoms with van der Waals surface area (Å²) in [7, 11) is 0. The first-order chi connectivity index (χ1) is 6.59. The third-order valence-electron chi connectivity index (χ3n) is 2.83. The molecule has 0 aliphatic carbocycles. The van der Waals surface area contributed by atoms with Crippen LogP contribution in [-0.4, -0.2) is 10.7 Å². The number of hydrogen-bond donors (Lipinski definition) is 2. The van der Waals surface area contributed by atoms with Gasteiger partial charge < -0.3 is 10.8 Å². The van der Waals surface area contributed by atoms with Gasteiger partial charge in [0.2, 0.25) is 0 Å². The van der Waals surface area contributed by atoms with Crippen LogP contribution in [0.1, 0.15) is 32.3 Å². The minimum Gasteiger partial charge on any atom is -0.399 e. The quantitative estimate of drug-likeness (QED) is 0.721. The molecule has 78 valence electrons. The first-order valence-electron chi connectivity index (χ1n) is 5.16. The van der Waals surface area contributed by atoms with Crippen molar-refractivity contribution >= 4 is 5.69 Å². The van der Waals surface area contributed by atoms with Gasteiger partial charge in [-0.1, -0.05) is 26.0 Å². The Labute approximate surface area is 85.8 Å². The second-order valence-electron chi connectivity index (χ2n) is 3.85. The largest absolute Gasteiger partial charge is 0.399 e. The van der Waals surface area contributed by atoms with Crippen molar-refractivity contribution in [1.29, 1.82) is 0 Å². The maximum Gasteiger partial charge on any atom is 0.0682 e. The molecular formula is C12H19NO. The molecule has 0 aliphatic rings. The first kappa shape index (κ1) is 11.1. The first-order valence-corrected chi connectivity index (χ1v) is 5.16. The minimum absolute atomic E-state index is 0.559. The van der Waals surface area contributed by atoms with E-state index < -0.39 is 5.60 Å². The lowest BCUT2D eigenvalue weighted by Gasteiger charge is -2.25. The van der Waals surface area contributed by atoms with E-state index in [-0.39, 0.29) is 0 Å². The summed E-state index contributed by atoms with van der Waals surface area (Å²) in [5.41, 5.74) is 6.95. The van der Waals surface area contributed by atoms with Gasteiger partial charge >= 0.3 is 0 Å². The van der Waals surface area contributed by atoms with Crippen LogP contribution in [0.15, 0.2) is 24.3 Å². The Kier molecular flexibility index (Phi) is 3.53. The van der Waals surface area contributed by atoms with Crippen LogP contribution >= 0.6 is 0 Å². The van der Waals surface area contributed by atoms with Gasteiger partial charge in [-0.3, -0.25) is 0 Å². The molecule has 2 heteroatoms. The van der Waals surface area contributed by atoms with Gasteiger partial charge in [-0.05, 0) is 30.5 Å². The molecule has 0 fully saturated rings. The van der Waals surface area contributed by atoms with Crippen LogP contribution in [0.25, 0.3) is 0 Å². The fourth-order valence-electron chi connectivity index (χ4n) is 1.52. The molecule has 0 atom stereocenters. The standard InChI is InChI=1S/C12H19NO/c1-3-12(14,4-2)9-10-5-7-11(13)8-6-10/h5-8,14H,3-4,9,13H2,1-2H3. The van der Waals surface area contributed by atoms with Crippen LogP contribution in [0.2, 0.25) is 0 Å². The summed E-state index contributed by atoms with van der Waals surface area (Å²) in [6, 6.07) is 7.71. The van der Waals surface area contributed by atoms with Crippen LogP contribution in [0.3, 0.4) is 0 Å². The van der Waals surface area contributed by atoms with Crippen molar-refractivity contribution in [1.82, 2.24) is 0 Å². The predicted molar refractivity (Wildman–Crippen MR) is 60.1 cm³/mol. The number of nitrogen functional groups attached to an aromatic ring is 1. The molecule has 0 saturated carbocycles. The highest BCUT2D eigenvalue weighted by Crippen LogP contribution is 2.21. The molecule has 1 rings (SSSR count). The van der Waals surface area contributed by atoms with Gasteiger partial charge in [0, 0.05) is 12.1 Å². The second-order valence-corrected chi connectivity index (χ2v) is 3.85. The lowest BCUT2D eigenvalue weighted by atomic mass is 9.89. The Balaban J connectivity index is 2.72. The van der Waals surface area contributed by atoms with E-state index in [0.29, 0.717) is 6.42 Å². The van der Waals surface area contributed by atoms with Crippen LogP contribution in [0, 0.1) is 0 Å². The van der Waals surface area contributed by atoms with Crippen molar-refractivity contribution in [2.45, 2.75) is 38.7 Å². The highest BCUT2D eigenvalue weighted by atomic mass is 16.3. The molecule has 0 spiro atoms. The van der Waals surface area contributed by atoms with Crippen molar-refractivity contribution in [3.63, 3.8) is 0 Å². The van der Waals surface area contributed by atoms with Crippen LogP contribution < -0.4 is 5.73 Å². The molecule has 0 bridgehead atoms. The number of nitrogens with two attached hydrogens (primary N) is 1. The van der Waals surface area contributed by atoms with E-state index in [4.69, 9.17) is 5.73 Å². The van der Waals surface area contributed by atoms with E-state index in [1.54, 1.807) is 0 Å². The van der Waals surface area contributed by atoms with Gasteiger partial charge in [-0.15, -0.1) is 0 Å². The predicted octanol–water partition coefficient (Wildman–Crippen LogP) is 2.36. The summed E-state index contributed by atoms with van der Waals surface area (Å²) in [4.78, 5) is 0. The normalized spacial score (nSPS) is 11.6. The van der Waals surface area contributed by atoms with Crippen LogP contribution in [-0.2, 0) is 6.42 Å². The second kappa shape index (κ2) is 4.47. The number of aliphatic hydroxyl groups is 1. The van der Waals surface area contributed by atoms with Crippen molar-refractivity contribution in [3.8, 4) is 0 Å². The van der Waals surface area contributed by atoms with Gasteiger partial charge in [0.1, 0.15) is 0 Å². The van der Waals surface area contributed by atoms with Crippen LogP contribution in [0.5, 0.6) is 0 Å².